The van der Waals surface area contributed by atoms with Gasteiger partial charge in [0, 0.05) is 5.69 Å². The molecule has 0 unspecified atom stereocenters. The van der Waals surface area contributed by atoms with Gasteiger partial charge in [-0.1, -0.05) is 0 Å². The average Bonchev–Trinajstić information content (AvgIpc) is 2.32. The predicted octanol–water partition coefficient (Wildman–Crippen LogP) is 2.57. The first-order valence-corrected chi connectivity index (χ1v) is 5.68. The number of anilines is 3. The van der Waals surface area contributed by atoms with E-state index in [0.717, 1.165) is 15.9 Å². The van der Waals surface area contributed by atoms with E-state index in [2.05, 4.69) is 31.4 Å². The lowest BCUT2D eigenvalue weighted by Gasteiger charge is -2.08. The van der Waals surface area contributed by atoms with Gasteiger partial charge in [-0.05, 0) is 46.3 Å². The maximum absolute atomic E-state index is 5.46. The van der Waals surface area contributed by atoms with E-state index in [1.54, 1.807) is 19.2 Å². The molecule has 0 spiro atoms. The van der Waals surface area contributed by atoms with Crippen molar-refractivity contribution in [2.75, 3.05) is 18.2 Å². The molecular weight excluding hydrogens is 284 g/mol. The summed E-state index contributed by atoms with van der Waals surface area (Å²) >= 11 is 3.41. The topological polar surface area (TPSA) is 73.1 Å². The van der Waals surface area contributed by atoms with Crippen LogP contribution in [0.2, 0.25) is 0 Å². The van der Waals surface area contributed by atoms with Gasteiger partial charge < -0.3 is 15.8 Å². The van der Waals surface area contributed by atoms with Gasteiger partial charge in [0.25, 0.3) is 0 Å². The molecule has 17 heavy (non-hydrogen) atoms. The molecule has 0 amide bonds. The normalized spacial score (nSPS) is 10.0. The first kappa shape index (κ1) is 11.7. The first-order chi connectivity index (χ1) is 8.19. The highest BCUT2D eigenvalue weighted by Crippen LogP contribution is 2.28. The average molecular weight is 295 g/mol. The monoisotopic (exact) mass is 294 g/mol. The Morgan fingerprint density at radius 1 is 1.24 bits per heavy atom. The number of ether oxygens (including phenoxy) is 1. The van der Waals surface area contributed by atoms with Crippen molar-refractivity contribution >= 4 is 33.3 Å². The minimum Gasteiger partial charge on any atom is -0.496 e. The second kappa shape index (κ2) is 5.01. The Morgan fingerprint density at radius 2 is 2.06 bits per heavy atom. The van der Waals surface area contributed by atoms with Crippen molar-refractivity contribution in [3.8, 4) is 5.75 Å². The van der Waals surface area contributed by atoms with Gasteiger partial charge in [0.05, 0.1) is 11.6 Å². The molecule has 0 bridgehead atoms. The van der Waals surface area contributed by atoms with Crippen LogP contribution < -0.4 is 15.8 Å². The lowest BCUT2D eigenvalue weighted by Crippen LogP contribution is -1.98. The van der Waals surface area contributed by atoms with Gasteiger partial charge in [-0.25, -0.2) is 0 Å². The molecule has 0 fully saturated rings. The van der Waals surface area contributed by atoms with Gasteiger partial charge in [0.1, 0.15) is 11.6 Å². The van der Waals surface area contributed by atoms with Gasteiger partial charge in [-0.15, -0.1) is 10.2 Å². The van der Waals surface area contributed by atoms with Crippen molar-refractivity contribution in [1.29, 1.82) is 0 Å². The number of methoxy groups -OCH3 is 1. The second-order valence-electron chi connectivity index (χ2n) is 3.32. The third-order valence-electron chi connectivity index (χ3n) is 2.11. The molecule has 3 N–H and O–H groups in total. The molecule has 1 aromatic heterocycles. The first-order valence-electron chi connectivity index (χ1n) is 4.89. The minimum atomic E-state index is 0.395. The van der Waals surface area contributed by atoms with Crippen LogP contribution in [0.1, 0.15) is 0 Å². The molecule has 0 aliphatic heterocycles. The molecule has 2 rings (SSSR count). The number of hydrogen-bond donors (Lipinski definition) is 2. The van der Waals surface area contributed by atoms with Crippen molar-refractivity contribution < 1.29 is 4.74 Å². The Kier molecular flexibility index (Phi) is 3.43. The zero-order valence-corrected chi connectivity index (χ0v) is 10.7. The molecule has 0 saturated heterocycles. The standard InChI is InChI=1S/C11H11BrN4O/c1-17-9-3-2-7(6-8(9)12)14-11-5-4-10(13)15-16-11/h2-6H,1H3,(H2,13,15)(H,14,16). The molecule has 0 aliphatic rings. The van der Waals surface area contributed by atoms with Crippen molar-refractivity contribution in [2.24, 2.45) is 0 Å². The summed E-state index contributed by atoms with van der Waals surface area (Å²) in [6.07, 6.45) is 0. The summed E-state index contributed by atoms with van der Waals surface area (Å²) in [7, 11) is 1.62. The van der Waals surface area contributed by atoms with E-state index >= 15 is 0 Å². The highest BCUT2D eigenvalue weighted by atomic mass is 79.9. The molecule has 88 valence electrons. The number of nitrogens with two attached hydrogens (primary N) is 1. The molecule has 5 nitrogen and oxygen atoms in total. The maximum atomic E-state index is 5.46. The fraction of sp³-hybridized carbons (Fsp3) is 0.0909. The Bertz CT molecular complexity index is 515. The summed E-state index contributed by atoms with van der Waals surface area (Å²) in [6.45, 7) is 0. The highest BCUT2D eigenvalue weighted by molar-refractivity contribution is 9.10. The quantitative estimate of drug-likeness (QED) is 0.910. The lowest BCUT2D eigenvalue weighted by atomic mass is 10.3. The second-order valence-corrected chi connectivity index (χ2v) is 4.17. The molecule has 0 radical (unpaired) electrons. The molecule has 0 atom stereocenters. The predicted molar refractivity (Wildman–Crippen MR) is 70.4 cm³/mol. The van der Waals surface area contributed by atoms with Crippen molar-refractivity contribution in [2.45, 2.75) is 0 Å². The Morgan fingerprint density at radius 3 is 2.65 bits per heavy atom. The smallest absolute Gasteiger partial charge is 0.153 e. The number of rotatable bonds is 3. The molecule has 0 aliphatic carbocycles. The summed E-state index contributed by atoms with van der Waals surface area (Å²) in [5.41, 5.74) is 6.34. The number of nitrogens with one attached hydrogen (secondary N) is 1. The van der Waals surface area contributed by atoms with Crippen LogP contribution in [0.5, 0.6) is 5.75 Å². The molecule has 2 aromatic rings. The van der Waals surface area contributed by atoms with E-state index < -0.39 is 0 Å². The van der Waals surface area contributed by atoms with Crippen LogP contribution >= 0.6 is 15.9 Å². The Hall–Kier alpha value is -1.82. The van der Waals surface area contributed by atoms with Gasteiger partial charge in [-0.2, -0.15) is 0 Å². The number of nitrogens with zero attached hydrogens (tertiary/aromatic N) is 2. The Balaban J connectivity index is 2.19. The van der Waals surface area contributed by atoms with Gasteiger partial charge >= 0.3 is 0 Å². The highest BCUT2D eigenvalue weighted by Gasteiger charge is 2.02. The van der Waals surface area contributed by atoms with Crippen LogP contribution in [-0.4, -0.2) is 17.3 Å². The number of benzene rings is 1. The number of aromatic nitrogens is 2. The molecule has 6 heteroatoms. The van der Waals surface area contributed by atoms with Crippen LogP contribution in [0.15, 0.2) is 34.8 Å². The fourth-order valence-corrected chi connectivity index (χ4v) is 1.84. The van der Waals surface area contributed by atoms with Crippen LogP contribution in [0.4, 0.5) is 17.3 Å². The van der Waals surface area contributed by atoms with E-state index in [1.807, 2.05) is 18.2 Å². The molecule has 0 saturated carbocycles. The molecular formula is C11H11BrN4O. The number of halogens is 1. The molecule has 1 aromatic carbocycles. The SMILES string of the molecule is COc1ccc(Nc2ccc(N)nn2)cc1Br. The minimum absolute atomic E-state index is 0.395. The number of hydrogen-bond acceptors (Lipinski definition) is 5. The van der Waals surface area contributed by atoms with E-state index in [4.69, 9.17) is 10.5 Å². The summed E-state index contributed by atoms with van der Waals surface area (Å²) < 4.78 is 6.02. The van der Waals surface area contributed by atoms with Crippen LogP contribution in [0.25, 0.3) is 0 Å². The van der Waals surface area contributed by atoms with Crippen LogP contribution in [0.3, 0.4) is 0 Å². The van der Waals surface area contributed by atoms with Gasteiger partial charge in [0.15, 0.2) is 5.82 Å². The third-order valence-corrected chi connectivity index (χ3v) is 2.73. The van der Waals surface area contributed by atoms with E-state index in [-0.39, 0.29) is 0 Å². The molecule has 1 heterocycles. The summed E-state index contributed by atoms with van der Waals surface area (Å²) in [5, 5.41) is 10.8. The number of nitrogen functional groups attached to an aromatic ring is 1. The van der Waals surface area contributed by atoms with Crippen LogP contribution in [-0.2, 0) is 0 Å². The zero-order chi connectivity index (χ0) is 12.3. The van der Waals surface area contributed by atoms with E-state index in [1.165, 1.54) is 0 Å². The van der Waals surface area contributed by atoms with Crippen molar-refractivity contribution in [3.63, 3.8) is 0 Å². The summed E-state index contributed by atoms with van der Waals surface area (Å²) in [6, 6.07) is 9.10. The zero-order valence-electron chi connectivity index (χ0n) is 9.14. The summed E-state index contributed by atoms with van der Waals surface area (Å²) in [4.78, 5) is 0. The summed E-state index contributed by atoms with van der Waals surface area (Å²) in [5.74, 6) is 1.81. The van der Waals surface area contributed by atoms with E-state index in [0.29, 0.717) is 11.6 Å². The largest absolute Gasteiger partial charge is 0.496 e. The maximum Gasteiger partial charge on any atom is 0.153 e. The third kappa shape index (κ3) is 2.85. The van der Waals surface area contributed by atoms with Gasteiger partial charge in [-0.3, -0.25) is 0 Å². The Labute approximate surface area is 107 Å². The van der Waals surface area contributed by atoms with Crippen LogP contribution in [0, 0.1) is 0 Å². The van der Waals surface area contributed by atoms with Gasteiger partial charge in [0.2, 0.25) is 0 Å². The van der Waals surface area contributed by atoms with Crippen molar-refractivity contribution in [3.05, 3.63) is 34.8 Å². The van der Waals surface area contributed by atoms with Crippen molar-refractivity contribution in [1.82, 2.24) is 10.2 Å². The fourth-order valence-electron chi connectivity index (χ4n) is 1.30. The lowest BCUT2D eigenvalue weighted by molar-refractivity contribution is 0.412. The van der Waals surface area contributed by atoms with E-state index in [9.17, 15) is 0 Å².